The number of benzene rings is 2. The molecule has 2 aromatic rings. The van der Waals surface area contributed by atoms with Crippen molar-refractivity contribution in [2.45, 2.75) is 19.4 Å². The second kappa shape index (κ2) is 6.39. The number of halogens is 1. The van der Waals surface area contributed by atoms with Crippen molar-refractivity contribution in [1.82, 2.24) is 5.32 Å². The fourth-order valence-corrected chi connectivity index (χ4v) is 2.21. The molecular formula is C16H16ClNO. The highest BCUT2D eigenvalue weighted by Crippen LogP contribution is 2.24. The molecule has 1 N–H and O–H groups in total. The summed E-state index contributed by atoms with van der Waals surface area (Å²) in [5.41, 5.74) is 1.94. The summed E-state index contributed by atoms with van der Waals surface area (Å²) < 4.78 is 0. The van der Waals surface area contributed by atoms with Crippen LogP contribution in [0.1, 0.15) is 24.0 Å². The second-order valence-electron chi connectivity index (χ2n) is 4.45. The van der Waals surface area contributed by atoms with E-state index in [1.807, 2.05) is 55.5 Å². The molecule has 98 valence electrons. The van der Waals surface area contributed by atoms with Crippen molar-refractivity contribution < 1.29 is 4.79 Å². The van der Waals surface area contributed by atoms with Crippen LogP contribution in [0.3, 0.4) is 0 Å². The fraction of sp³-hybridized carbons (Fsp3) is 0.188. The van der Waals surface area contributed by atoms with E-state index in [2.05, 4.69) is 5.32 Å². The van der Waals surface area contributed by atoms with Crippen LogP contribution >= 0.6 is 11.6 Å². The Labute approximate surface area is 118 Å². The number of carbonyl (C=O) groups is 1. The zero-order valence-electron chi connectivity index (χ0n) is 10.8. The van der Waals surface area contributed by atoms with E-state index in [1.165, 1.54) is 0 Å². The van der Waals surface area contributed by atoms with E-state index in [0.717, 1.165) is 11.1 Å². The van der Waals surface area contributed by atoms with Crippen LogP contribution in [0.4, 0.5) is 0 Å². The molecule has 0 aliphatic rings. The van der Waals surface area contributed by atoms with Gasteiger partial charge in [0, 0.05) is 11.6 Å². The summed E-state index contributed by atoms with van der Waals surface area (Å²) in [5, 5.41) is 3.56. The molecule has 0 aliphatic carbocycles. The Kier molecular flexibility index (Phi) is 4.58. The molecule has 2 aromatic carbocycles. The van der Waals surface area contributed by atoms with Crippen LogP contribution in [-0.4, -0.2) is 5.91 Å². The lowest BCUT2D eigenvalue weighted by Gasteiger charge is -2.14. The molecule has 0 radical (unpaired) electrons. The Hall–Kier alpha value is -1.80. The molecule has 0 aliphatic heterocycles. The highest BCUT2D eigenvalue weighted by Gasteiger charge is 2.16. The van der Waals surface area contributed by atoms with E-state index in [1.54, 1.807) is 6.07 Å². The Bertz CT molecular complexity index is 554. The van der Waals surface area contributed by atoms with Gasteiger partial charge in [-0.05, 0) is 24.1 Å². The topological polar surface area (TPSA) is 29.1 Å². The van der Waals surface area contributed by atoms with Crippen LogP contribution in [0.2, 0.25) is 5.02 Å². The van der Waals surface area contributed by atoms with Crippen LogP contribution in [0.5, 0.6) is 0 Å². The SMILES string of the molecule is CC(C(=O)NCc1ccccc1)c1ccccc1Cl. The lowest BCUT2D eigenvalue weighted by atomic mass is 10.0. The lowest BCUT2D eigenvalue weighted by molar-refractivity contribution is -0.122. The maximum Gasteiger partial charge on any atom is 0.227 e. The molecule has 0 spiro atoms. The Morgan fingerprint density at radius 3 is 2.42 bits per heavy atom. The van der Waals surface area contributed by atoms with Gasteiger partial charge in [0.25, 0.3) is 0 Å². The number of carbonyl (C=O) groups excluding carboxylic acids is 1. The highest BCUT2D eigenvalue weighted by atomic mass is 35.5. The minimum Gasteiger partial charge on any atom is -0.352 e. The molecule has 0 fully saturated rings. The van der Waals surface area contributed by atoms with Crippen molar-refractivity contribution in [1.29, 1.82) is 0 Å². The smallest absolute Gasteiger partial charge is 0.227 e. The van der Waals surface area contributed by atoms with Gasteiger partial charge in [0.1, 0.15) is 0 Å². The van der Waals surface area contributed by atoms with Gasteiger partial charge >= 0.3 is 0 Å². The van der Waals surface area contributed by atoms with E-state index < -0.39 is 0 Å². The second-order valence-corrected chi connectivity index (χ2v) is 4.85. The van der Waals surface area contributed by atoms with E-state index in [4.69, 9.17) is 11.6 Å². The summed E-state index contributed by atoms with van der Waals surface area (Å²) in [4.78, 5) is 12.1. The Morgan fingerprint density at radius 1 is 1.11 bits per heavy atom. The number of hydrogen-bond acceptors (Lipinski definition) is 1. The minimum atomic E-state index is -0.252. The molecule has 0 aromatic heterocycles. The average molecular weight is 274 g/mol. The Morgan fingerprint density at radius 2 is 1.74 bits per heavy atom. The van der Waals surface area contributed by atoms with Gasteiger partial charge in [0.2, 0.25) is 5.91 Å². The van der Waals surface area contributed by atoms with Gasteiger partial charge in [0.15, 0.2) is 0 Å². The summed E-state index contributed by atoms with van der Waals surface area (Å²) in [7, 11) is 0. The first-order valence-corrected chi connectivity index (χ1v) is 6.62. The van der Waals surface area contributed by atoms with E-state index in [0.29, 0.717) is 11.6 Å². The van der Waals surface area contributed by atoms with Gasteiger partial charge in [-0.2, -0.15) is 0 Å². The van der Waals surface area contributed by atoms with Crippen LogP contribution in [0, 0.1) is 0 Å². The quantitative estimate of drug-likeness (QED) is 0.903. The molecule has 1 amide bonds. The van der Waals surface area contributed by atoms with Crippen molar-refractivity contribution >= 4 is 17.5 Å². The number of amides is 1. The zero-order valence-corrected chi connectivity index (χ0v) is 11.5. The largest absolute Gasteiger partial charge is 0.352 e. The number of nitrogens with one attached hydrogen (secondary N) is 1. The molecule has 19 heavy (non-hydrogen) atoms. The van der Waals surface area contributed by atoms with Crippen LogP contribution in [-0.2, 0) is 11.3 Å². The summed E-state index contributed by atoms with van der Waals surface area (Å²) in [6.07, 6.45) is 0. The van der Waals surface area contributed by atoms with E-state index in [-0.39, 0.29) is 11.8 Å². The third-order valence-electron chi connectivity index (χ3n) is 3.07. The van der Waals surface area contributed by atoms with Crippen molar-refractivity contribution in [2.24, 2.45) is 0 Å². The molecule has 0 bridgehead atoms. The molecule has 1 unspecified atom stereocenters. The van der Waals surface area contributed by atoms with Gasteiger partial charge < -0.3 is 5.32 Å². The first-order valence-electron chi connectivity index (χ1n) is 6.24. The van der Waals surface area contributed by atoms with Gasteiger partial charge in [0.05, 0.1) is 5.92 Å². The molecule has 1 atom stereocenters. The Balaban J connectivity index is 1.99. The van der Waals surface area contributed by atoms with Crippen LogP contribution in [0.25, 0.3) is 0 Å². The molecule has 0 saturated carbocycles. The molecular weight excluding hydrogens is 258 g/mol. The van der Waals surface area contributed by atoms with E-state index >= 15 is 0 Å². The van der Waals surface area contributed by atoms with Crippen molar-refractivity contribution in [2.75, 3.05) is 0 Å². The summed E-state index contributed by atoms with van der Waals surface area (Å²) in [5.74, 6) is -0.269. The standard InChI is InChI=1S/C16H16ClNO/c1-12(14-9-5-6-10-15(14)17)16(19)18-11-13-7-3-2-4-8-13/h2-10,12H,11H2,1H3,(H,18,19). The third kappa shape index (κ3) is 3.58. The molecule has 0 heterocycles. The third-order valence-corrected chi connectivity index (χ3v) is 3.42. The summed E-state index contributed by atoms with van der Waals surface area (Å²) in [6, 6.07) is 17.3. The predicted octanol–water partition coefficient (Wildman–Crippen LogP) is 3.76. The lowest BCUT2D eigenvalue weighted by Crippen LogP contribution is -2.27. The van der Waals surface area contributed by atoms with Crippen LogP contribution < -0.4 is 5.32 Å². The van der Waals surface area contributed by atoms with Gasteiger partial charge in [-0.3, -0.25) is 4.79 Å². The minimum absolute atomic E-state index is 0.0167. The first-order chi connectivity index (χ1) is 9.18. The fourth-order valence-electron chi connectivity index (χ4n) is 1.91. The summed E-state index contributed by atoms with van der Waals surface area (Å²) >= 11 is 6.10. The van der Waals surface area contributed by atoms with Crippen molar-refractivity contribution in [3.63, 3.8) is 0 Å². The first kappa shape index (κ1) is 13.6. The van der Waals surface area contributed by atoms with Crippen LogP contribution in [0.15, 0.2) is 54.6 Å². The maximum absolute atomic E-state index is 12.1. The monoisotopic (exact) mass is 273 g/mol. The normalized spacial score (nSPS) is 11.9. The van der Waals surface area contributed by atoms with Crippen molar-refractivity contribution in [3.05, 3.63) is 70.7 Å². The average Bonchev–Trinajstić information content (AvgIpc) is 2.45. The van der Waals surface area contributed by atoms with Crippen molar-refractivity contribution in [3.8, 4) is 0 Å². The van der Waals surface area contributed by atoms with Gasteiger partial charge in [-0.25, -0.2) is 0 Å². The maximum atomic E-state index is 12.1. The summed E-state index contributed by atoms with van der Waals surface area (Å²) in [6.45, 7) is 2.40. The van der Waals surface area contributed by atoms with Gasteiger partial charge in [-0.1, -0.05) is 60.1 Å². The zero-order chi connectivity index (χ0) is 13.7. The molecule has 3 heteroatoms. The number of rotatable bonds is 4. The number of hydrogen-bond donors (Lipinski definition) is 1. The van der Waals surface area contributed by atoms with E-state index in [9.17, 15) is 4.79 Å². The molecule has 0 saturated heterocycles. The molecule has 2 rings (SSSR count). The van der Waals surface area contributed by atoms with Gasteiger partial charge in [-0.15, -0.1) is 0 Å². The predicted molar refractivity (Wildman–Crippen MR) is 78.2 cm³/mol. The molecule has 2 nitrogen and oxygen atoms in total. The highest BCUT2D eigenvalue weighted by molar-refractivity contribution is 6.31.